The lowest BCUT2D eigenvalue weighted by Crippen LogP contribution is -2.37. The van der Waals surface area contributed by atoms with Crippen molar-refractivity contribution in [2.24, 2.45) is 7.05 Å². The first-order valence-electron chi connectivity index (χ1n) is 5.04. The van der Waals surface area contributed by atoms with Crippen molar-refractivity contribution in [3.05, 3.63) is 0 Å². The van der Waals surface area contributed by atoms with Crippen LogP contribution in [0.5, 0.6) is 0 Å². The van der Waals surface area contributed by atoms with Crippen molar-refractivity contribution in [1.29, 1.82) is 0 Å². The number of aromatic nitrogens is 4. The maximum Gasteiger partial charge on any atom is 0.321 e. The predicted molar refractivity (Wildman–Crippen MR) is 58.9 cm³/mol. The molecule has 100 valence electrons. The van der Waals surface area contributed by atoms with Gasteiger partial charge in [0.15, 0.2) is 0 Å². The van der Waals surface area contributed by atoms with Gasteiger partial charge in [0.2, 0.25) is 0 Å². The van der Waals surface area contributed by atoms with Gasteiger partial charge in [-0.05, 0) is 5.21 Å². The second-order valence-electron chi connectivity index (χ2n) is 3.39. The van der Waals surface area contributed by atoms with E-state index < -0.39 is 18.1 Å². The van der Waals surface area contributed by atoms with Crippen LogP contribution in [0.25, 0.3) is 0 Å². The molecular weight excluding hydrogens is 244 g/mol. The molecule has 10 heteroatoms. The van der Waals surface area contributed by atoms with Crippen molar-refractivity contribution < 1.29 is 19.4 Å². The number of aryl methyl sites for hydroxylation is 1. The number of carbonyl (C=O) groups excluding carboxylic acids is 1. The molecule has 1 unspecified atom stereocenters. The highest BCUT2D eigenvalue weighted by Crippen LogP contribution is 1.96. The monoisotopic (exact) mass is 258 g/mol. The van der Waals surface area contributed by atoms with Crippen LogP contribution < -0.4 is 10.6 Å². The molecule has 0 fully saturated rings. The fourth-order valence-corrected chi connectivity index (χ4v) is 1.12. The van der Waals surface area contributed by atoms with Crippen molar-refractivity contribution in [3.63, 3.8) is 0 Å². The van der Waals surface area contributed by atoms with E-state index in [1.54, 1.807) is 7.05 Å². The zero-order valence-electron chi connectivity index (χ0n) is 9.95. The van der Waals surface area contributed by atoms with E-state index in [4.69, 9.17) is 9.84 Å². The van der Waals surface area contributed by atoms with Crippen LogP contribution in [0.1, 0.15) is 6.42 Å². The number of carbonyl (C=O) groups is 2. The minimum atomic E-state index is -1.00. The molecule has 0 aliphatic heterocycles. The number of aliphatic carboxylic acids is 1. The Hall–Kier alpha value is -2.23. The van der Waals surface area contributed by atoms with Crippen molar-refractivity contribution >= 4 is 17.9 Å². The Morgan fingerprint density at radius 1 is 1.56 bits per heavy atom. The Morgan fingerprint density at radius 2 is 2.28 bits per heavy atom. The van der Waals surface area contributed by atoms with Gasteiger partial charge in [-0.1, -0.05) is 5.10 Å². The number of rotatable bonds is 6. The van der Waals surface area contributed by atoms with E-state index in [0.717, 1.165) is 0 Å². The largest absolute Gasteiger partial charge is 0.481 e. The third-order valence-electron chi connectivity index (χ3n) is 1.96. The highest BCUT2D eigenvalue weighted by molar-refractivity contribution is 5.87. The van der Waals surface area contributed by atoms with E-state index in [1.165, 1.54) is 11.9 Å². The molecule has 18 heavy (non-hydrogen) atoms. The first-order chi connectivity index (χ1) is 8.51. The van der Waals surface area contributed by atoms with Crippen molar-refractivity contribution in [2.45, 2.75) is 12.5 Å². The summed E-state index contributed by atoms with van der Waals surface area (Å²) < 4.78 is 4.89. The number of carboxylic acids is 1. The Morgan fingerprint density at radius 3 is 2.78 bits per heavy atom. The van der Waals surface area contributed by atoms with Gasteiger partial charge in [-0.3, -0.25) is 10.1 Å². The SMILES string of the molecule is COC(CNC(=O)Nc1nnn(C)n1)CC(=O)O. The summed E-state index contributed by atoms with van der Waals surface area (Å²) in [6, 6.07) is -0.560. The molecule has 3 N–H and O–H groups in total. The molecule has 0 saturated heterocycles. The second kappa shape index (κ2) is 6.49. The molecule has 0 saturated carbocycles. The molecule has 0 aliphatic carbocycles. The molecule has 0 aliphatic rings. The van der Waals surface area contributed by atoms with Gasteiger partial charge in [0.05, 0.1) is 19.6 Å². The first-order valence-corrected chi connectivity index (χ1v) is 5.04. The molecule has 1 heterocycles. The summed E-state index contributed by atoms with van der Waals surface area (Å²) in [6.07, 6.45) is -0.789. The zero-order chi connectivity index (χ0) is 13.5. The molecular formula is C8H14N6O4. The van der Waals surface area contributed by atoms with Gasteiger partial charge in [0.25, 0.3) is 5.95 Å². The summed E-state index contributed by atoms with van der Waals surface area (Å²) in [5.41, 5.74) is 0. The molecule has 1 rings (SSSR count). The Bertz CT molecular complexity index is 419. The fraction of sp³-hybridized carbons (Fsp3) is 0.625. The lowest BCUT2D eigenvalue weighted by atomic mass is 10.2. The van der Waals surface area contributed by atoms with Gasteiger partial charge in [0.1, 0.15) is 0 Å². The normalized spacial score (nSPS) is 11.9. The lowest BCUT2D eigenvalue weighted by molar-refractivity contribution is -0.139. The van der Waals surface area contributed by atoms with Crippen molar-refractivity contribution in [3.8, 4) is 0 Å². The molecule has 1 atom stereocenters. The van der Waals surface area contributed by atoms with E-state index in [9.17, 15) is 9.59 Å². The number of ether oxygens (including phenoxy) is 1. The minimum absolute atomic E-state index is 0.0576. The Kier molecular flexibility index (Phi) is 4.99. The van der Waals surface area contributed by atoms with Gasteiger partial charge in [-0.15, -0.1) is 5.10 Å². The smallest absolute Gasteiger partial charge is 0.321 e. The highest BCUT2D eigenvalue weighted by Gasteiger charge is 2.14. The number of carboxylic acid groups (broad SMARTS) is 1. The molecule has 10 nitrogen and oxygen atoms in total. The van der Waals surface area contributed by atoms with Gasteiger partial charge in [-0.2, -0.15) is 4.80 Å². The summed E-state index contributed by atoms with van der Waals surface area (Å²) in [4.78, 5) is 23.0. The number of hydrogen-bond acceptors (Lipinski definition) is 6. The standard InChI is InChI=1S/C8H14N6O4/c1-14-12-7(11-13-14)10-8(17)9-4-5(18-2)3-6(15)16/h5H,3-4H2,1-2H3,(H,15,16)(H2,9,10,12,17). The number of nitrogens with one attached hydrogen (secondary N) is 2. The highest BCUT2D eigenvalue weighted by atomic mass is 16.5. The van der Waals surface area contributed by atoms with E-state index in [-0.39, 0.29) is 18.9 Å². The van der Waals surface area contributed by atoms with E-state index >= 15 is 0 Å². The molecule has 0 spiro atoms. The van der Waals surface area contributed by atoms with E-state index in [0.29, 0.717) is 0 Å². The molecule has 1 aromatic heterocycles. The van der Waals surface area contributed by atoms with Gasteiger partial charge in [-0.25, -0.2) is 4.79 Å². The van der Waals surface area contributed by atoms with Crippen LogP contribution in [0.15, 0.2) is 0 Å². The maximum atomic E-state index is 11.4. The van der Waals surface area contributed by atoms with Gasteiger partial charge in [0, 0.05) is 13.7 Å². The number of methoxy groups -OCH3 is 1. The van der Waals surface area contributed by atoms with Gasteiger partial charge < -0.3 is 15.2 Å². The van der Waals surface area contributed by atoms with Gasteiger partial charge >= 0.3 is 12.0 Å². The average Bonchev–Trinajstić information content (AvgIpc) is 2.69. The number of anilines is 1. The summed E-state index contributed by atoms with van der Waals surface area (Å²) in [6.45, 7) is 0.0644. The van der Waals surface area contributed by atoms with E-state index in [2.05, 4.69) is 26.0 Å². The van der Waals surface area contributed by atoms with Crippen LogP contribution in [0.4, 0.5) is 10.7 Å². The number of amides is 2. The number of tetrazole rings is 1. The number of nitrogens with zero attached hydrogens (tertiary/aromatic N) is 4. The minimum Gasteiger partial charge on any atom is -0.481 e. The molecule has 1 aromatic rings. The van der Waals surface area contributed by atoms with Crippen LogP contribution in [-0.4, -0.2) is 57.1 Å². The Labute approximate surface area is 102 Å². The fourth-order valence-electron chi connectivity index (χ4n) is 1.12. The Balaban J connectivity index is 2.33. The van der Waals surface area contributed by atoms with Crippen molar-refractivity contribution in [1.82, 2.24) is 25.5 Å². The lowest BCUT2D eigenvalue weighted by Gasteiger charge is -2.13. The quantitative estimate of drug-likeness (QED) is 0.585. The zero-order valence-corrected chi connectivity index (χ0v) is 9.95. The number of hydrogen-bond donors (Lipinski definition) is 3. The topological polar surface area (TPSA) is 131 Å². The first kappa shape index (κ1) is 13.8. The van der Waals surface area contributed by atoms with Crippen molar-refractivity contribution in [2.75, 3.05) is 19.0 Å². The maximum absolute atomic E-state index is 11.4. The molecule has 0 bridgehead atoms. The summed E-state index contributed by atoms with van der Waals surface area (Å²) in [5, 5.41) is 24.2. The van der Waals surface area contributed by atoms with Crippen LogP contribution in [0.2, 0.25) is 0 Å². The van der Waals surface area contributed by atoms with Crippen LogP contribution >= 0.6 is 0 Å². The average molecular weight is 258 g/mol. The second-order valence-corrected chi connectivity index (χ2v) is 3.39. The third-order valence-corrected chi connectivity index (χ3v) is 1.96. The summed E-state index contributed by atoms with van der Waals surface area (Å²) in [7, 11) is 2.93. The predicted octanol–water partition coefficient (Wildman–Crippen LogP) is -1.18. The summed E-state index contributed by atoms with van der Waals surface area (Å²) >= 11 is 0. The number of urea groups is 1. The van der Waals surface area contributed by atoms with Crippen LogP contribution in [0.3, 0.4) is 0 Å². The third kappa shape index (κ3) is 4.74. The van der Waals surface area contributed by atoms with E-state index in [1.807, 2.05) is 0 Å². The molecule has 0 aromatic carbocycles. The molecule has 2 amide bonds. The molecule has 0 radical (unpaired) electrons. The summed E-state index contributed by atoms with van der Waals surface area (Å²) in [5.74, 6) is -0.943. The van der Waals surface area contributed by atoms with Crippen LogP contribution in [-0.2, 0) is 16.6 Å². The van der Waals surface area contributed by atoms with Crippen LogP contribution in [0, 0.1) is 0 Å².